The third-order valence-corrected chi connectivity index (χ3v) is 6.95. The van der Waals surface area contributed by atoms with Crippen LogP contribution in [0, 0.1) is 11.3 Å². The molecular formula is C26H31NO6. The number of rotatable bonds is 11. The highest BCUT2D eigenvalue weighted by Gasteiger charge is 2.44. The van der Waals surface area contributed by atoms with E-state index in [2.05, 4.69) is 5.32 Å². The summed E-state index contributed by atoms with van der Waals surface area (Å²) in [7, 11) is 3.18. The Bertz CT molecular complexity index is 1060. The molecule has 1 amide bonds. The van der Waals surface area contributed by atoms with Gasteiger partial charge in [0.2, 0.25) is 5.75 Å². The Morgan fingerprint density at radius 1 is 1.12 bits per heavy atom. The molecular weight excluding hydrogens is 422 g/mol. The Morgan fingerprint density at radius 2 is 1.88 bits per heavy atom. The Morgan fingerprint density at radius 3 is 2.52 bits per heavy atom. The number of methoxy groups -OCH3 is 2. The minimum Gasteiger partial charge on any atom is -0.493 e. The number of nitrogens with one attached hydrogen (secondary N) is 1. The summed E-state index contributed by atoms with van der Waals surface area (Å²) in [5.74, 6) is 0.615. The van der Waals surface area contributed by atoms with Crippen molar-refractivity contribution in [3.05, 3.63) is 41.5 Å². The molecule has 0 radical (unpaired) electrons. The third-order valence-electron chi connectivity index (χ3n) is 6.95. The average molecular weight is 454 g/mol. The molecule has 2 aromatic rings. The summed E-state index contributed by atoms with van der Waals surface area (Å²) in [6, 6.07) is 9.56. The van der Waals surface area contributed by atoms with Crippen LogP contribution in [0.5, 0.6) is 17.2 Å². The first-order valence-electron chi connectivity index (χ1n) is 11.4. The van der Waals surface area contributed by atoms with Crippen LogP contribution in [0.1, 0.15) is 54.9 Å². The van der Waals surface area contributed by atoms with Gasteiger partial charge in [0, 0.05) is 23.1 Å². The monoisotopic (exact) mass is 453 g/mol. The molecule has 33 heavy (non-hydrogen) atoms. The SMILES string of the molecule is CCC(CCC1(COc2c(-c3ccc4c(c3)CNC4=O)ccc(OC)c2OC)CC1)C(=O)O. The number of fused-ring (bicyclic) bond motifs is 1. The molecule has 4 rings (SSSR count). The maximum absolute atomic E-state index is 11.9. The molecule has 2 aliphatic rings. The highest BCUT2D eigenvalue weighted by atomic mass is 16.5. The highest BCUT2D eigenvalue weighted by molar-refractivity contribution is 5.99. The molecule has 2 aromatic carbocycles. The van der Waals surface area contributed by atoms with Crippen LogP contribution in [0.15, 0.2) is 30.3 Å². The van der Waals surface area contributed by atoms with Gasteiger partial charge in [-0.2, -0.15) is 0 Å². The molecule has 1 atom stereocenters. The first-order chi connectivity index (χ1) is 15.9. The van der Waals surface area contributed by atoms with E-state index in [0.29, 0.717) is 48.8 Å². The Labute approximate surface area is 194 Å². The summed E-state index contributed by atoms with van der Waals surface area (Å²) in [6.45, 7) is 2.92. The van der Waals surface area contributed by atoms with Gasteiger partial charge in [0.25, 0.3) is 5.91 Å². The second kappa shape index (κ2) is 9.33. The van der Waals surface area contributed by atoms with Gasteiger partial charge in [-0.05, 0) is 67.5 Å². The van der Waals surface area contributed by atoms with Crippen molar-refractivity contribution in [2.45, 2.75) is 45.6 Å². The lowest BCUT2D eigenvalue weighted by molar-refractivity contribution is -0.142. The zero-order chi connectivity index (χ0) is 23.6. The van der Waals surface area contributed by atoms with Crippen LogP contribution in [0.2, 0.25) is 0 Å². The molecule has 7 nitrogen and oxygen atoms in total. The number of carbonyl (C=O) groups excluding carboxylic acids is 1. The smallest absolute Gasteiger partial charge is 0.306 e. The van der Waals surface area contributed by atoms with Gasteiger partial charge in [0.05, 0.1) is 26.7 Å². The Kier molecular flexibility index (Phi) is 6.49. The standard InChI is InChI=1S/C26H31NO6/c1-4-16(25(29)30)9-10-26(11-12-26)15-33-22-19(7-8-21(31-2)23(22)32-3)17-5-6-20-18(13-17)14-27-24(20)28/h5-8,13,16H,4,9-12,14-15H2,1-3H3,(H,27,28)(H,29,30). The van der Waals surface area contributed by atoms with Crippen molar-refractivity contribution in [3.63, 3.8) is 0 Å². The fraction of sp³-hybridized carbons (Fsp3) is 0.462. The molecule has 0 aromatic heterocycles. The predicted octanol–water partition coefficient (Wildman–Crippen LogP) is 4.66. The van der Waals surface area contributed by atoms with Crippen LogP contribution in [-0.2, 0) is 11.3 Å². The number of hydrogen-bond donors (Lipinski definition) is 2. The predicted molar refractivity (Wildman–Crippen MR) is 124 cm³/mol. The van der Waals surface area contributed by atoms with Crippen molar-refractivity contribution in [3.8, 4) is 28.4 Å². The van der Waals surface area contributed by atoms with Crippen LogP contribution >= 0.6 is 0 Å². The minimum atomic E-state index is -0.726. The lowest BCUT2D eigenvalue weighted by Gasteiger charge is -2.22. The van der Waals surface area contributed by atoms with E-state index in [0.717, 1.165) is 36.0 Å². The average Bonchev–Trinajstić information content (AvgIpc) is 3.50. The van der Waals surface area contributed by atoms with Gasteiger partial charge in [-0.15, -0.1) is 0 Å². The van der Waals surface area contributed by atoms with Gasteiger partial charge >= 0.3 is 5.97 Å². The molecule has 1 unspecified atom stereocenters. The molecule has 1 aliphatic carbocycles. The van der Waals surface area contributed by atoms with Gasteiger partial charge < -0.3 is 24.6 Å². The van der Waals surface area contributed by atoms with E-state index in [-0.39, 0.29) is 17.2 Å². The lowest BCUT2D eigenvalue weighted by atomic mass is 9.92. The first-order valence-corrected chi connectivity index (χ1v) is 11.4. The third kappa shape index (κ3) is 4.63. The van der Waals surface area contributed by atoms with Gasteiger partial charge in [0.15, 0.2) is 11.5 Å². The largest absolute Gasteiger partial charge is 0.493 e. The zero-order valence-electron chi connectivity index (χ0n) is 19.4. The second-order valence-corrected chi connectivity index (χ2v) is 9.00. The molecule has 2 N–H and O–H groups in total. The van der Waals surface area contributed by atoms with Crippen molar-refractivity contribution in [2.24, 2.45) is 11.3 Å². The molecule has 0 spiro atoms. The molecule has 7 heteroatoms. The molecule has 1 heterocycles. The normalized spacial score (nSPS) is 16.5. The van der Waals surface area contributed by atoms with Gasteiger partial charge in [-0.3, -0.25) is 9.59 Å². The number of aliphatic carboxylic acids is 1. The van der Waals surface area contributed by atoms with Crippen molar-refractivity contribution < 1.29 is 28.9 Å². The number of benzene rings is 2. The van der Waals surface area contributed by atoms with E-state index in [1.54, 1.807) is 14.2 Å². The number of ether oxygens (including phenoxy) is 3. The second-order valence-electron chi connectivity index (χ2n) is 9.00. The van der Waals surface area contributed by atoms with Crippen LogP contribution in [0.25, 0.3) is 11.1 Å². The van der Waals surface area contributed by atoms with Crippen molar-refractivity contribution in [2.75, 3.05) is 20.8 Å². The summed E-state index contributed by atoms with van der Waals surface area (Å²) in [4.78, 5) is 23.4. The quantitative estimate of drug-likeness (QED) is 0.514. The van der Waals surface area contributed by atoms with E-state index >= 15 is 0 Å². The summed E-state index contributed by atoms with van der Waals surface area (Å²) in [5, 5.41) is 12.2. The van der Waals surface area contributed by atoms with Gasteiger partial charge in [-0.25, -0.2) is 0 Å². The van der Waals surface area contributed by atoms with Crippen molar-refractivity contribution in [1.29, 1.82) is 0 Å². The molecule has 1 saturated carbocycles. The number of carbonyl (C=O) groups is 2. The molecule has 1 fully saturated rings. The number of amides is 1. The van der Waals surface area contributed by atoms with Gasteiger partial charge in [-0.1, -0.05) is 13.0 Å². The fourth-order valence-corrected chi connectivity index (χ4v) is 4.52. The van der Waals surface area contributed by atoms with Crippen LogP contribution in [0.3, 0.4) is 0 Å². The molecule has 0 saturated heterocycles. The van der Waals surface area contributed by atoms with E-state index in [1.807, 2.05) is 37.3 Å². The van der Waals surface area contributed by atoms with Crippen LogP contribution in [0.4, 0.5) is 0 Å². The lowest BCUT2D eigenvalue weighted by Crippen LogP contribution is -2.19. The summed E-state index contributed by atoms with van der Waals surface area (Å²) in [5.41, 5.74) is 3.45. The zero-order valence-corrected chi connectivity index (χ0v) is 19.4. The van der Waals surface area contributed by atoms with E-state index < -0.39 is 5.97 Å². The van der Waals surface area contributed by atoms with Crippen molar-refractivity contribution >= 4 is 11.9 Å². The number of carboxylic acid groups (broad SMARTS) is 1. The fourth-order valence-electron chi connectivity index (χ4n) is 4.52. The minimum absolute atomic E-state index is 0.00248. The number of hydrogen-bond acceptors (Lipinski definition) is 5. The first kappa shape index (κ1) is 23.0. The number of carboxylic acids is 1. The summed E-state index contributed by atoms with van der Waals surface area (Å²) < 4.78 is 17.6. The maximum atomic E-state index is 11.9. The van der Waals surface area contributed by atoms with E-state index in [9.17, 15) is 14.7 Å². The highest BCUT2D eigenvalue weighted by Crippen LogP contribution is 2.52. The van der Waals surface area contributed by atoms with E-state index in [1.165, 1.54) is 0 Å². The molecule has 176 valence electrons. The Hall–Kier alpha value is -3.22. The maximum Gasteiger partial charge on any atom is 0.306 e. The molecule has 0 bridgehead atoms. The topological polar surface area (TPSA) is 94.1 Å². The Balaban J connectivity index is 1.60. The van der Waals surface area contributed by atoms with Crippen LogP contribution < -0.4 is 19.5 Å². The summed E-state index contributed by atoms with van der Waals surface area (Å²) in [6.07, 6.45) is 4.17. The molecule has 1 aliphatic heterocycles. The van der Waals surface area contributed by atoms with Crippen molar-refractivity contribution in [1.82, 2.24) is 5.32 Å². The van der Waals surface area contributed by atoms with Gasteiger partial charge in [0.1, 0.15) is 0 Å². The van der Waals surface area contributed by atoms with Crippen LogP contribution in [-0.4, -0.2) is 37.8 Å². The summed E-state index contributed by atoms with van der Waals surface area (Å²) >= 11 is 0. The van der Waals surface area contributed by atoms with E-state index in [4.69, 9.17) is 14.2 Å².